The third-order valence-corrected chi connectivity index (χ3v) is 3.52. The largest absolute Gasteiger partial charge is 0.494 e. The molecule has 0 saturated carbocycles. The van der Waals surface area contributed by atoms with Crippen LogP contribution in [0.3, 0.4) is 0 Å². The molecule has 1 aromatic carbocycles. The number of carbonyl (C=O) groups excluding carboxylic acids is 1. The van der Waals surface area contributed by atoms with Crippen LogP contribution < -0.4 is 10.2 Å². The van der Waals surface area contributed by atoms with Gasteiger partial charge in [0.2, 0.25) is 5.91 Å². The molecule has 1 aromatic rings. The number of benzene rings is 1. The topological polar surface area (TPSA) is 41.6 Å². The van der Waals surface area contributed by atoms with Crippen molar-refractivity contribution in [2.45, 2.75) is 38.4 Å². The van der Waals surface area contributed by atoms with Gasteiger partial charge in [-0.2, -0.15) is 13.2 Å². The third-order valence-electron chi connectivity index (χ3n) is 3.52. The molecule has 1 heterocycles. The highest BCUT2D eigenvalue weighted by atomic mass is 19.4. The average molecular weight is 316 g/mol. The van der Waals surface area contributed by atoms with Gasteiger partial charge in [-0.15, -0.1) is 0 Å². The standard InChI is InChI=1S/C15H19F3N2O2/c1-2-22-12-5-3-4-11(10-12)6-7-13(15(16,17)18)20-9-8-14(21)19-20/h3-5,10,13H,2,6-9H2,1H3,(H,19,21)/t13-/m0/s1. The van der Waals surface area contributed by atoms with Crippen molar-refractivity contribution in [3.8, 4) is 5.75 Å². The van der Waals surface area contributed by atoms with Crippen molar-refractivity contribution in [1.29, 1.82) is 0 Å². The number of rotatable bonds is 6. The first kappa shape index (κ1) is 16.6. The van der Waals surface area contributed by atoms with Gasteiger partial charge in [0.15, 0.2) is 0 Å². The lowest BCUT2D eigenvalue weighted by Gasteiger charge is -2.28. The van der Waals surface area contributed by atoms with Crippen LogP contribution in [0.2, 0.25) is 0 Å². The summed E-state index contributed by atoms with van der Waals surface area (Å²) < 4.78 is 44.9. The second kappa shape index (κ2) is 7.00. The molecule has 2 rings (SSSR count). The lowest BCUT2D eigenvalue weighted by atomic mass is 10.0. The zero-order chi connectivity index (χ0) is 16.2. The zero-order valence-corrected chi connectivity index (χ0v) is 12.3. The predicted molar refractivity (Wildman–Crippen MR) is 75.2 cm³/mol. The fourth-order valence-corrected chi connectivity index (χ4v) is 2.48. The molecule has 0 unspecified atom stereocenters. The van der Waals surface area contributed by atoms with Crippen LogP contribution in [0.15, 0.2) is 24.3 Å². The van der Waals surface area contributed by atoms with Gasteiger partial charge in [-0.05, 0) is 37.5 Å². The summed E-state index contributed by atoms with van der Waals surface area (Å²) in [5.41, 5.74) is 3.06. The second-order valence-electron chi connectivity index (χ2n) is 5.15. The summed E-state index contributed by atoms with van der Waals surface area (Å²) in [7, 11) is 0. The van der Waals surface area contributed by atoms with Crippen LogP contribution in [0.4, 0.5) is 13.2 Å². The number of nitrogens with one attached hydrogen (secondary N) is 1. The van der Waals surface area contributed by atoms with Crippen molar-refractivity contribution in [2.75, 3.05) is 13.2 Å². The molecule has 1 saturated heterocycles. The van der Waals surface area contributed by atoms with Crippen LogP contribution >= 0.6 is 0 Å². The molecule has 122 valence electrons. The number of amides is 1. The molecule has 4 nitrogen and oxygen atoms in total. The number of halogens is 3. The highest BCUT2D eigenvalue weighted by molar-refractivity contribution is 5.77. The van der Waals surface area contributed by atoms with E-state index in [0.717, 1.165) is 10.6 Å². The van der Waals surface area contributed by atoms with Crippen LogP contribution in [-0.4, -0.2) is 36.3 Å². The van der Waals surface area contributed by atoms with Crippen LogP contribution in [0.25, 0.3) is 0 Å². The Morgan fingerprint density at radius 3 is 2.77 bits per heavy atom. The van der Waals surface area contributed by atoms with Crippen LogP contribution in [0, 0.1) is 0 Å². The van der Waals surface area contributed by atoms with Gasteiger partial charge < -0.3 is 4.74 Å². The number of hydrazine groups is 1. The minimum atomic E-state index is -4.38. The fraction of sp³-hybridized carbons (Fsp3) is 0.533. The van der Waals surface area contributed by atoms with E-state index in [4.69, 9.17) is 4.74 Å². The Hall–Kier alpha value is -1.76. The minimum Gasteiger partial charge on any atom is -0.494 e. The highest BCUT2D eigenvalue weighted by Gasteiger charge is 2.45. The van der Waals surface area contributed by atoms with Crippen molar-refractivity contribution in [3.63, 3.8) is 0 Å². The van der Waals surface area contributed by atoms with Gasteiger partial charge in [0.25, 0.3) is 0 Å². The number of ether oxygens (including phenoxy) is 1. The van der Waals surface area contributed by atoms with E-state index < -0.39 is 12.2 Å². The first-order valence-corrected chi connectivity index (χ1v) is 7.24. The van der Waals surface area contributed by atoms with Crippen LogP contribution in [-0.2, 0) is 11.2 Å². The first-order chi connectivity index (χ1) is 10.4. The first-order valence-electron chi connectivity index (χ1n) is 7.24. The van der Waals surface area contributed by atoms with Crippen LogP contribution in [0.1, 0.15) is 25.3 Å². The molecular formula is C15H19F3N2O2. The molecule has 0 bridgehead atoms. The highest BCUT2D eigenvalue weighted by Crippen LogP contribution is 2.29. The molecule has 0 radical (unpaired) electrons. The molecule has 1 aliphatic rings. The number of nitrogens with zero attached hydrogens (tertiary/aromatic N) is 1. The number of aryl methyl sites for hydroxylation is 1. The quantitative estimate of drug-likeness (QED) is 0.877. The molecule has 1 N–H and O–H groups in total. The number of hydrogen-bond donors (Lipinski definition) is 1. The maximum absolute atomic E-state index is 13.2. The van der Waals surface area contributed by atoms with Crippen molar-refractivity contribution < 1.29 is 22.7 Å². The molecule has 0 spiro atoms. The molecule has 1 aliphatic heterocycles. The van der Waals surface area contributed by atoms with E-state index in [1.54, 1.807) is 24.3 Å². The monoisotopic (exact) mass is 316 g/mol. The molecule has 7 heteroatoms. The summed E-state index contributed by atoms with van der Waals surface area (Å²) >= 11 is 0. The molecule has 1 fully saturated rings. The molecular weight excluding hydrogens is 297 g/mol. The van der Waals surface area contributed by atoms with E-state index in [2.05, 4.69) is 5.43 Å². The third kappa shape index (κ3) is 4.37. The number of alkyl halides is 3. The maximum Gasteiger partial charge on any atom is 0.405 e. The summed E-state index contributed by atoms with van der Waals surface area (Å²) in [5, 5.41) is 0.995. The van der Waals surface area contributed by atoms with Gasteiger partial charge in [-0.3, -0.25) is 10.2 Å². The molecule has 0 aliphatic carbocycles. The molecule has 22 heavy (non-hydrogen) atoms. The van der Waals surface area contributed by atoms with E-state index in [1.165, 1.54) is 0 Å². The lowest BCUT2D eigenvalue weighted by Crippen LogP contribution is -2.50. The van der Waals surface area contributed by atoms with E-state index in [9.17, 15) is 18.0 Å². The van der Waals surface area contributed by atoms with Crippen LogP contribution in [0.5, 0.6) is 5.75 Å². The van der Waals surface area contributed by atoms with Gasteiger partial charge in [0, 0.05) is 13.0 Å². The maximum atomic E-state index is 13.2. The minimum absolute atomic E-state index is 0.0853. The van der Waals surface area contributed by atoms with E-state index in [1.807, 2.05) is 6.92 Å². The fourth-order valence-electron chi connectivity index (χ4n) is 2.48. The van der Waals surface area contributed by atoms with Gasteiger partial charge >= 0.3 is 6.18 Å². The van der Waals surface area contributed by atoms with Gasteiger partial charge in [0.05, 0.1) is 6.61 Å². The molecule has 0 aromatic heterocycles. The molecule has 1 amide bonds. The smallest absolute Gasteiger partial charge is 0.405 e. The van der Waals surface area contributed by atoms with Gasteiger partial charge in [-0.25, -0.2) is 5.01 Å². The molecule has 1 atom stereocenters. The van der Waals surface area contributed by atoms with Crippen molar-refractivity contribution in [3.05, 3.63) is 29.8 Å². The summed E-state index contributed by atoms with van der Waals surface area (Å²) in [4.78, 5) is 11.1. The van der Waals surface area contributed by atoms with Gasteiger partial charge in [0.1, 0.15) is 11.8 Å². The Morgan fingerprint density at radius 1 is 1.41 bits per heavy atom. The van der Waals surface area contributed by atoms with E-state index in [0.29, 0.717) is 12.4 Å². The summed E-state index contributed by atoms with van der Waals surface area (Å²) in [6.45, 7) is 2.44. The summed E-state index contributed by atoms with van der Waals surface area (Å²) in [6, 6.07) is 5.39. The zero-order valence-electron chi connectivity index (χ0n) is 12.3. The Balaban J connectivity index is 2.02. The van der Waals surface area contributed by atoms with E-state index >= 15 is 0 Å². The summed E-state index contributed by atoms with van der Waals surface area (Å²) in [5.74, 6) is 0.283. The number of hydrogen-bond acceptors (Lipinski definition) is 3. The normalized spacial score (nSPS) is 17.4. The van der Waals surface area contributed by atoms with Gasteiger partial charge in [-0.1, -0.05) is 12.1 Å². The Bertz CT molecular complexity index is 520. The average Bonchev–Trinajstić information content (AvgIpc) is 2.85. The SMILES string of the molecule is CCOc1cccc(CC[C@H](N2CCC(=O)N2)C(F)(F)F)c1. The Kier molecular flexibility index (Phi) is 5.28. The predicted octanol–water partition coefficient (Wildman–Crippen LogP) is 2.69. The lowest BCUT2D eigenvalue weighted by molar-refractivity contribution is -0.189. The summed E-state index contributed by atoms with van der Waals surface area (Å²) in [6.07, 6.45) is -4.13. The van der Waals surface area contributed by atoms with Crippen molar-refractivity contribution in [2.24, 2.45) is 0 Å². The Labute approximate surface area is 127 Å². The van der Waals surface area contributed by atoms with Crippen molar-refractivity contribution >= 4 is 5.91 Å². The van der Waals surface area contributed by atoms with Crippen molar-refractivity contribution in [1.82, 2.24) is 10.4 Å². The number of carbonyl (C=O) groups is 1. The Morgan fingerprint density at radius 2 is 2.18 bits per heavy atom. The second-order valence-corrected chi connectivity index (χ2v) is 5.15. The van der Waals surface area contributed by atoms with E-state index in [-0.39, 0.29) is 31.7 Å².